The van der Waals surface area contributed by atoms with E-state index in [-0.39, 0.29) is 28.2 Å². The van der Waals surface area contributed by atoms with Gasteiger partial charge in [0.2, 0.25) is 0 Å². The van der Waals surface area contributed by atoms with Gasteiger partial charge in [-0.1, -0.05) is 13.8 Å². The first kappa shape index (κ1) is 17.9. The van der Waals surface area contributed by atoms with Crippen LogP contribution in [0, 0.1) is 11.3 Å². The number of nitrogens with one attached hydrogen (secondary N) is 2. The van der Waals surface area contributed by atoms with E-state index in [1.165, 1.54) is 6.07 Å². The Bertz CT molecular complexity index is 743. The molecule has 0 bridgehead atoms. The number of fused-ring (bicyclic) bond motifs is 1. The molecule has 0 aromatic carbocycles. The van der Waals surface area contributed by atoms with Gasteiger partial charge < -0.3 is 15.2 Å². The first-order valence-electron chi connectivity index (χ1n) is 9.04. The number of likely N-dealkylation sites (tertiary alicyclic amines) is 1. The molecule has 1 aliphatic carbocycles. The SMILES string of the molecule is CNCC1CCN(C(=O)c2cc3c([nH]c2=O)CC(C)(C)CC3=O)CC1. The minimum absolute atomic E-state index is 0.00396. The molecule has 0 saturated carbocycles. The van der Waals surface area contributed by atoms with Gasteiger partial charge in [-0.05, 0) is 50.3 Å². The third kappa shape index (κ3) is 3.68. The zero-order chi connectivity index (χ0) is 18.2. The Labute approximate surface area is 148 Å². The lowest BCUT2D eigenvalue weighted by Gasteiger charge is -2.32. The molecule has 1 aromatic heterocycles. The number of aromatic nitrogens is 1. The highest BCUT2D eigenvalue weighted by atomic mass is 16.2. The van der Waals surface area contributed by atoms with Crippen molar-refractivity contribution in [2.75, 3.05) is 26.7 Å². The molecule has 3 rings (SSSR count). The molecule has 2 heterocycles. The average Bonchev–Trinajstić information content (AvgIpc) is 2.53. The van der Waals surface area contributed by atoms with Crippen molar-refractivity contribution in [1.82, 2.24) is 15.2 Å². The Hall–Kier alpha value is -1.95. The van der Waals surface area contributed by atoms with Gasteiger partial charge in [-0.2, -0.15) is 0 Å². The van der Waals surface area contributed by atoms with Gasteiger partial charge >= 0.3 is 0 Å². The van der Waals surface area contributed by atoms with Crippen molar-refractivity contribution in [1.29, 1.82) is 0 Å². The number of nitrogens with zero attached hydrogens (tertiary/aromatic N) is 1. The number of pyridine rings is 1. The Kier molecular flexibility index (Phi) is 4.82. The summed E-state index contributed by atoms with van der Waals surface area (Å²) in [7, 11) is 1.93. The van der Waals surface area contributed by atoms with Crippen molar-refractivity contribution in [3.05, 3.63) is 33.2 Å². The minimum atomic E-state index is -0.383. The second kappa shape index (κ2) is 6.75. The molecule has 2 aliphatic rings. The van der Waals surface area contributed by atoms with Gasteiger partial charge in [0, 0.05) is 30.8 Å². The molecule has 1 saturated heterocycles. The van der Waals surface area contributed by atoms with Gasteiger partial charge in [-0.15, -0.1) is 0 Å². The summed E-state index contributed by atoms with van der Waals surface area (Å²) in [5.41, 5.74) is 0.724. The van der Waals surface area contributed by atoms with E-state index in [4.69, 9.17) is 0 Å². The highest BCUT2D eigenvalue weighted by Gasteiger charge is 2.33. The predicted octanol–water partition coefficient (Wildman–Crippen LogP) is 1.60. The number of hydrogen-bond donors (Lipinski definition) is 2. The summed E-state index contributed by atoms with van der Waals surface area (Å²) in [5.74, 6) is 0.313. The number of carbonyl (C=O) groups is 2. The molecule has 1 aliphatic heterocycles. The number of piperidine rings is 1. The zero-order valence-corrected chi connectivity index (χ0v) is 15.3. The van der Waals surface area contributed by atoms with Crippen molar-refractivity contribution in [3.63, 3.8) is 0 Å². The molecular weight excluding hydrogens is 318 g/mol. The molecule has 0 radical (unpaired) electrons. The van der Waals surface area contributed by atoms with Crippen LogP contribution < -0.4 is 10.9 Å². The summed E-state index contributed by atoms with van der Waals surface area (Å²) in [6.07, 6.45) is 2.95. The minimum Gasteiger partial charge on any atom is -0.338 e. The summed E-state index contributed by atoms with van der Waals surface area (Å²) in [6.45, 7) is 6.29. The normalized spacial score (nSPS) is 20.4. The first-order valence-corrected chi connectivity index (χ1v) is 9.04. The number of amides is 1. The van der Waals surface area contributed by atoms with Crippen LogP contribution in [0.4, 0.5) is 0 Å². The first-order chi connectivity index (χ1) is 11.8. The van der Waals surface area contributed by atoms with Crippen LogP contribution in [-0.2, 0) is 6.42 Å². The molecule has 0 unspecified atom stereocenters. The third-order valence-electron chi connectivity index (χ3n) is 5.34. The Morgan fingerprint density at radius 2 is 1.96 bits per heavy atom. The van der Waals surface area contributed by atoms with Gasteiger partial charge in [0.05, 0.1) is 0 Å². The quantitative estimate of drug-likeness (QED) is 0.872. The predicted molar refractivity (Wildman–Crippen MR) is 96.0 cm³/mol. The van der Waals surface area contributed by atoms with Gasteiger partial charge in [0.25, 0.3) is 11.5 Å². The molecule has 1 fully saturated rings. The summed E-state index contributed by atoms with van der Waals surface area (Å²) < 4.78 is 0. The second-order valence-corrected chi connectivity index (χ2v) is 8.14. The number of Topliss-reactive ketones (excluding diaryl/α,β-unsaturated/α-hetero) is 1. The van der Waals surface area contributed by atoms with Crippen LogP contribution in [0.25, 0.3) is 0 Å². The Morgan fingerprint density at radius 1 is 1.28 bits per heavy atom. The largest absolute Gasteiger partial charge is 0.338 e. The van der Waals surface area contributed by atoms with Crippen LogP contribution in [0.3, 0.4) is 0 Å². The van der Waals surface area contributed by atoms with Crippen molar-refractivity contribution in [2.45, 2.75) is 39.5 Å². The third-order valence-corrected chi connectivity index (χ3v) is 5.34. The number of hydrogen-bond acceptors (Lipinski definition) is 4. The number of aromatic amines is 1. The van der Waals surface area contributed by atoms with Crippen LogP contribution in [0.1, 0.15) is 59.5 Å². The molecule has 2 N–H and O–H groups in total. The fourth-order valence-corrected chi connectivity index (χ4v) is 3.99. The fourth-order valence-electron chi connectivity index (χ4n) is 3.99. The standard InChI is InChI=1S/C19H27N3O3/c1-19(2)9-15-13(16(23)10-19)8-14(17(24)21-15)18(25)22-6-4-12(5-7-22)11-20-3/h8,12,20H,4-7,9-11H2,1-3H3,(H,21,24). The van der Waals surface area contributed by atoms with Crippen LogP contribution >= 0.6 is 0 Å². The Morgan fingerprint density at radius 3 is 2.60 bits per heavy atom. The maximum absolute atomic E-state index is 12.8. The number of rotatable bonds is 3. The lowest BCUT2D eigenvalue weighted by Crippen LogP contribution is -2.42. The van der Waals surface area contributed by atoms with Crippen molar-refractivity contribution in [3.8, 4) is 0 Å². The van der Waals surface area contributed by atoms with Crippen molar-refractivity contribution in [2.24, 2.45) is 11.3 Å². The molecule has 6 heteroatoms. The van der Waals surface area contributed by atoms with Crippen LogP contribution in [-0.4, -0.2) is 48.3 Å². The van der Waals surface area contributed by atoms with E-state index in [2.05, 4.69) is 10.3 Å². The summed E-state index contributed by atoms with van der Waals surface area (Å²) in [4.78, 5) is 42.2. The van der Waals surface area contributed by atoms with Crippen LogP contribution in [0.5, 0.6) is 0 Å². The molecule has 0 spiro atoms. The number of carbonyl (C=O) groups excluding carboxylic acids is 2. The van der Waals surface area contributed by atoms with Crippen LogP contribution in [0.2, 0.25) is 0 Å². The number of H-pyrrole nitrogens is 1. The maximum atomic E-state index is 12.8. The molecule has 6 nitrogen and oxygen atoms in total. The lowest BCUT2D eigenvalue weighted by molar-refractivity contribution is 0.0689. The summed E-state index contributed by atoms with van der Waals surface area (Å²) in [6, 6.07) is 1.52. The van der Waals surface area contributed by atoms with E-state index in [1.54, 1.807) is 4.90 Å². The lowest BCUT2D eigenvalue weighted by atomic mass is 9.75. The second-order valence-electron chi connectivity index (χ2n) is 8.14. The molecule has 1 aromatic rings. The van der Waals surface area contributed by atoms with E-state index < -0.39 is 0 Å². The topological polar surface area (TPSA) is 82.3 Å². The van der Waals surface area contributed by atoms with E-state index in [0.717, 1.165) is 19.4 Å². The van der Waals surface area contributed by atoms with Crippen molar-refractivity contribution >= 4 is 11.7 Å². The van der Waals surface area contributed by atoms with E-state index in [0.29, 0.717) is 43.1 Å². The van der Waals surface area contributed by atoms with Crippen molar-refractivity contribution < 1.29 is 9.59 Å². The van der Waals surface area contributed by atoms with Crippen LogP contribution in [0.15, 0.2) is 10.9 Å². The summed E-state index contributed by atoms with van der Waals surface area (Å²) in [5, 5.41) is 3.17. The highest BCUT2D eigenvalue weighted by molar-refractivity contribution is 6.02. The molecular formula is C19H27N3O3. The average molecular weight is 345 g/mol. The fraction of sp³-hybridized carbons (Fsp3) is 0.632. The highest BCUT2D eigenvalue weighted by Crippen LogP contribution is 2.33. The van der Waals surface area contributed by atoms with Gasteiger partial charge in [0.15, 0.2) is 5.78 Å². The monoisotopic (exact) mass is 345 g/mol. The molecule has 25 heavy (non-hydrogen) atoms. The van der Waals surface area contributed by atoms with Gasteiger partial charge in [-0.3, -0.25) is 14.4 Å². The van der Waals surface area contributed by atoms with E-state index >= 15 is 0 Å². The maximum Gasteiger partial charge on any atom is 0.261 e. The van der Waals surface area contributed by atoms with E-state index in [9.17, 15) is 14.4 Å². The Balaban J connectivity index is 1.82. The van der Waals surface area contributed by atoms with E-state index in [1.807, 2.05) is 20.9 Å². The smallest absolute Gasteiger partial charge is 0.261 e. The molecule has 136 valence electrons. The molecule has 0 atom stereocenters. The van der Waals surface area contributed by atoms with Gasteiger partial charge in [-0.25, -0.2) is 0 Å². The summed E-state index contributed by atoms with van der Waals surface area (Å²) >= 11 is 0. The zero-order valence-electron chi connectivity index (χ0n) is 15.3. The van der Waals surface area contributed by atoms with Gasteiger partial charge in [0.1, 0.15) is 5.56 Å². The molecule has 1 amide bonds. The number of ketones is 1.